The zero-order valence-corrected chi connectivity index (χ0v) is 13.3. The number of ether oxygens (including phenoxy) is 4. The highest BCUT2D eigenvalue weighted by Gasteiger charge is 2.35. The Hall–Kier alpha value is -0.700. The van der Waals surface area contributed by atoms with Crippen LogP contribution in [0.2, 0.25) is 0 Å². The Labute approximate surface area is 132 Å². The van der Waals surface area contributed by atoms with Crippen LogP contribution in [0, 0.1) is 0 Å². The van der Waals surface area contributed by atoms with Crippen LogP contribution in [0.1, 0.15) is 19.8 Å². The number of hydrogen-bond donors (Lipinski definition) is 1. The lowest BCUT2D eigenvalue weighted by Crippen LogP contribution is -2.34. The molecule has 4 unspecified atom stereocenters. The van der Waals surface area contributed by atoms with Gasteiger partial charge in [-0.05, 0) is 23.9 Å². The summed E-state index contributed by atoms with van der Waals surface area (Å²) in [7, 11) is 0. The van der Waals surface area contributed by atoms with Crippen LogP contribution in [-0.4, -0.2) is 47.6 Å². The quantitative estimate of drug-likeness (QED) is 0.483. The van der Waals surface area contributed by atoms with Crippen LogP contribution in [-0.2, 0) is 18.9 Å². The van der Waals surface area contributed by atoms with E-state index in [1.807, 2.05) is 6.92 Å². The molecule has 0 N–H and O–H groups in total. The van der Waals surface area contributed by atoms with Crippen molar-refractivity contribution >= 4 is 35.0 Å². The Kier molecular flexibility index (Phi) is 6.40. The molecule has 4 atom stereocenters. The summed E-state index contributed by atoms with van der Waals surface area (Å²) in [4.78, 5) is 22.6. The fraction of sp³-hybridized carbons (Fsp3) is 0.692. The monoisotopic (exact) mass is 334 g/mol. The van der Waals surface area contributed by atoms with E-state index in [-0.39, 0.29) is 24.3 Å². The maximum atomic E-state index is 11.6. The minimum absolute atomic E-state index is 0.180. The van der Waals surface area contributed by atoms with Gasteiger partial charge in [-0.25, -0.2) is 9.59 Å². The summed E-state index contributed by atoms with van der Waals surface area (Å²) in [5.74, 6) is 0.654. The molecule has 8 heteroatoms. The molecule has 0 saturated carbocycles. The van der Waals surface area contributed by atoms with E-state index >= 15 is 0 Å². The number of hydrogen-bond acceptors (Lipinski definition) is 7. The molecule has 0 aromatic carbocycles. The van der Waals surface area contributed by atoms with E-state index < -0.39 is 17.5 Å². The molecule has 1 saturated heterocycles. The number of thiol groups is 1. The lowest BCUT2D eigenvalue weighted by molar-refractivity contribution is 0.0283. The first-order valence-electron chi connectivity index (χ1n) is 6.73. The largest absolute Gasteiger partial charge is 0.450 e. The average Bonchev–Trinajstić information content (AvgIpc) is 2.80. The van der Waals surface area contributed by atoms with Gasteiger partial charge in [0.1, 0.15) is 19.0 Å². The number of rotatable bonds is 3. The predicted octanol–water partition coefficient (Wildman–Crippen LogP) is 2.77. The Morgan fingerprint density at radius 2 is 1.76 bits per heavy atom. The fourth-order valence-electron chi connectivity index (χ4n) is 2.31. The molecule has 0 radical (unpaired) electrons. The van der Waals surface area contributed by atoms with E-state index in [9.17, 15) is 9.59 Å². The van der Waals surface area contributed by atoms with Crippen molar-refractivity contribution in [1.29, 1.82) is 0 Å². The Balaban J connectivity index is 2.04. The summed E-state index contributed by atoms with van der Waals surface area (Å²) in [6.07, 6.45) is 3.20. The highest BCUT2D eigenvalue weighted by Crippen LogP contribution is 2.27. The highest BCUT2D eigenvalue weighted by molar-refractivity contribution is 8.13. The SMILES string of the molecule is CCSC(=O)OC1/C=C/C(OC(=O)S)CC2OCOC2C1. The van der Waals surface area contributed by atoms with Gasteiger partial charge >= 0.3 is 10.6 Å². The van der Waals surface area contributed by atoms with E-state index in [4.69, 9.17) is 18.9 Å². The molecule has 1 fully saturated rings. The lowest BCUT2D eigenvalue weighted by Gasteiger charge is -2.26. The maximum absolute atomic E-state index is 11.6. The van der Waals surface area contributed by atoms with Gasteiger partial charge in [0.2, 0.25) is 0 Å². The fourth-order valence-corrected chi connectivity index (χ4v) is 2.87. The van der Waals surface area contributed by atoms with E-state index in [1.165, 1.54) is 0 Å². The maximum Gasteiger partial charge on any atom is 0.367 e. The van der Waals surface area contributed by atoms with Crippen LogP contribution in [0.5, 0.6) is 0 Å². The topological polar surface area (TPSA) is 71.1 Å². The second kappa shape index (κ2) is 8.07. The molecule has 2 aliphatic rings. The summed E-state index contributed by atoms with van der Waals surface area (Å²) in [6.45, 7) is 2.08. The molecule has 0 bridgehead atoms. The van der Waals surface area contributed by atoms with Crippen molar-refractivity contribution in [3.63, 3.8) is 0 Å². The first-order valence-corrected chi connectivity index (χ1v) is 8.16. The normalized spacial score (nSPS) is 33.4. The second-order valence-corrected chi connectivity index (χ2v) is 6.21. The number of carbonyl (C=O) groups is 2. The second-order valence-electron chi connectivity index (χ2n) is 4.65. The zero-order valence-electron chi connectivity index (χ0n) is 11.6. The summed E-state index contributed by atoms with van der Waals surface area (Å²) in [6, 6.07) is 0. The molecule has 0 aromatic rings. The van der Waals surface area contributed by atoms with Crippen molar-refractivity contribution < 1.29 is 28.5 Å². The average molecular weight is 334 g/mol. The molecule has 118 valence electrons. The van der Waals surface area contributed by atoms with Gasteiger partial charge < -0.3 is 18.9 Å². The van der Waals surface area contributed by atoms with Crippen LogP contribution in [0.15, 0.2) is 12.2 Å². The van der Waals surface area contributed by atoms with Gasteiger partial charge in [-0.15, -0.1) is 0 Å². The number of thioether (sulfide) groups is 1. The van der Waals surface area contributed by atoms with Crippen molar-refractivity contribution in [2.75, 3.05) is 12.5 Å². The summed E-state index contributed by atoms with van der Waals surface area (Å²) in [5.41, 5.74) is 0. The van der Waals surface area contributed by atoms with Crippen molar-refractivity contribution in [2.45, 2.75) is 44.2 Å². The van der Waals surface area contributed by atoms with Crippen LogP contribution < -0.4 is 0 Å². The summed E-state index contributed by atoms with van der Waals surface area (Å²) >= 11 is 4.73. The van der Waals surface area contributed by atoms with Gasteiger partial charge in [-0.1, -0.05) is 19.6 Å². The lowest BCUT2D eigenvalue weighted by atomic mass is 9.97. The molecular weight excluding hydrogens is 316 g/mol. The van der Waals surface area contributed by atoms with Crippen LogP contribution in [0.4, 0.5) is 9.59 Å². The van der Waals surface area contributed by atoms with Crippen LogP contribution in [0.3, 0.4) is 0 Å². The van der Waals surface area contributed by atoms with Crippen LogP contribution in [0.25, 0.3) is 0 Å². The summed E-state index contributed by atoms with van der Waals surface area (Å²) in [5, 5.41) is -0.985. The minimum atomic E-state index is -0.657. The van der Waals surface area contributed by atoms with Crippen molar-refractivity contribution in [3.05, 3.63) is 12.2 Å². The van der Waals surface area contributed by atoms with Gasteiger partial charge in [-0.2, -0.15) is 0 Å². The van der Waals surface area contributed by atoms with E-state index in [0.717, 1.165) is 11.8 Å². The third kappa shape index (κ3) is 5.21. The summed E-state index contributed by atoms with van der Waals surface area (Å²) < 4.78 is 21.5. The Morgan fingerprint density at radius 3 is 2.29 bits per heavy atom. The Bertz CT molecular complexity index is 413. The first-order chi connectivity index (χ1) is 10.1. The van der Waals surface area contributed by atoms with E-state index in [1.54, 1.807) is 12.2 Å². The highest BCUT2D eigenvalue weighted by atomic mass is 32.2. The molecule has 0 aromatic heterocycles. The minimum Gasteiger partial charge on any atom is -0.450 e. The van der Waals surface area contributed by atoms with Crippen molar-refractivity contribution in [2.24, 2.45) is 0 Å². The van der Waals surface area contributed by atoms with E-state index in [2.05, 4.69) is 12.6 Å². The molecular formula is C13H18O6S2. The standard InChI is InChI=1S/C13H18O6S2/c1-2-21-13(15)19-9-4-3-8(18-12(14)20)5-10-11(6-9)17-7-16-10/h3-4,8-11H,2,5-7H2,1H3,(H,14,20)/b4-3+. The smallest absolute Gasteiger partial charge is 0.367 e. The zero-order chi connectivity index (χ0) is 15.2. The van der Waals surface area contributed by atoms with Gasteiger partial charge in [-0.3, -0.25) is 0 Å². The third-order valence-corrected chi connectivity index (χ3v) is 3.94. The molecule has 1 heterocycles. The number of carbonyl (C=O) groups excluding carboxylic acids is 2. The Morgan fingerprint density at radius 1 is 1.19 bits per heavy atom. The third-order valence-electron chi connectivity index (χ3n) is 3.21. The van der Waals surface area contributed by atoms with Crippen molar-refractivity contribution in [3.8, 4) is 0 Å². The molecule has 2 rings (SSSR count). The van der Waals surface area contributed by atoms with Gasteiger partial charge in [0, 0.05) is 18.6 Å². The van der Waals surface area contributed by atoms with Crippen LogP contribution >= 0.6 is 24.4 Å². The van der Waals surface area contributed by atoms with Gasteiger partial charge in [0.15, 0.2) is 0 Å². The van der Waals surface area contributed by atoms with E-state index in [0.29, 0.717) is 18.6 Å². The molecule has 21 heavy (non-hydrogen) atoms. The molecule has 6 nitrogen and oxygen atoms in total. The van der Waals surface area contributed by atoms with Crippen molar-refractivity contribution in [1.82, 2.24) is 0 Å². The molecule has 1 aliphatic carbocycles. The first kappa shape index (κ1) is 16.7. The number of fused-ring (bicyclic) bond motifs is 1. The molecule has 0 spiro atoms. The molecule has 0 amide bonds. The van der Waals surface area contributed by atoms with Gasteiger partial charge in [0.05, 0.1) is 12.2 Å². The van der Waals surface area contributed by atoms with Gasteiger partial charge in [0.25, 0.3) is 0 Å². The molecule has 1 aliphatic heterocycles. The predicted molar refractivity (Wildman–Crippen MR) is 80.6 cm³/mol.